The number of hydrogen-bond donors (Lipinski definition) is 4. The van der Waals surface area contributed by atoms with Gasteiger partial charge in [0.05, 0.1) is 23.4 Å². The van der Waals surface area contributed by atoms with Crippen LogP contribution in [0.3, 0.4) is 0 Å². The van der Waals surface area contributed by atoms with E-state index in [4.69, 9.17) is 27.9 Å². The molecule has 14 nitrogen and oxygen atoms in total. The van der Waals surface area contributed by atoms with Crippen LogP contribution in [-0.2, 0) is 20.2 Å². The first-order valence-corrected chi connectivity index (χ1v) is 13.6. The molecule has 4 aromatic rings. The van der Waals surface area contributed by atoms with E-state index in [2.05, 4.69) is 30.5 Å². The summed E-state index contributed by atoms with van der Waals surface area (Å²) in [5, 5.41) is 20.3. The molecule has 0 unspecified atom stereocenters. The molecule has 0 fully saturated rings. The van der Waals surface area contributed by atoms with E-state index in [1.807, 2.05) is 0 Å². The zero-order valence-corrected chi connectivity index (χ0v) is 27.9. The summed E-state index contributed by atoms with van der Waals surface area (Å²) in [6.07, 6.45) is 0. The minimum atomic E-state index is -5.03. The van der Waals surface area contributed by atoms with Gasteiger partial charge in [0.1, 0.15) is 16.3 Å². The van der Waals surface area contributed by atoms with Gasteiger partial charge >= 0.3 is 0 Å². The SMILES string of the molecule is COc1ccc(N=Nc2c(S(=O)(=O)O)cc3cc(S(=O)(=O)O)cc(Nc4nc(Cl)nc(Cl)n4)c3c2O)cc1.[Na].[Na]. The van der Waals surface area contributed by atoms with Gasteiger partial charge in [0, 0.05) is 64.5 Å². The van der Waals surface area contributed by atoms with E-state index in [9.17, 15) is 31.0 Å². The maximum atomic E-state index is 12.2. The molecule has 200 valence electrons. The van der Waals surface area contributed by atoms with Crippen LogP contribution >= 0.6 is 23.2 Å². The Labute approximate surface area is 281 Å². The van der Waals surface area contributed by atoms with Crippen LogP contribution in [0.1, 0.15) is 0 Å². The Morgan fingerprint density at radius 3 is 2.00 bits per heavy atom. The third-order valence-corrected chi connectivity index (χ3v) is 6.90. The summed E-state index contributed by atoms with van der Waals surface area (Å²) in [6, 6.07) is 8.70. The zero-order chi connectivity index (χ0) is 27.8. The van der Waals surface area contributed by atoms with Crippen LogP contribution in [0.2, 0.25) is 10.6 Å². The van der Waals surface area contributed by atoms with Crippen LogP contribution in [0, 0.1) is 0 Å². The second-order valence-electron chi connectivity index (χ2n) is 7.31. The first-order chi connectivity index (χ1) is 17.8. The van der Waals surface area contributed by atoms with Gasteiger partial charge in [-0.3, -0.25) is 9.11 Å². The number of nitrogens with one attached hydrogen (secondary N) is 1. The number of azo groups is 1. The average Bonchev–Trinajstić information content (AvgIpc) is 2.81. The Bertz CT molecular complexity index is 1810. The van der Waals surface area contributed by atoms with Gasteiger partial charge in [0.2, 0.25) is 16.5 Å². The molecule has 1 aromatic heterocycles. The molecule has 0 atom stereocenters. The third-order valence-electron chi connectivity index (χ3n) is 4.86. The zero-order valence-electron chi connectivity index (χ0n) is 20.7. The molecular weight excluding hydrogens is 633 g/mol. The van der Waals surface area contributed by atoms with Crippen molar-refractivity contribution in [2.45, 2.75) is 9.79 Å². The standard InChI is InChI=1S/C20H14Cl2N6O8S2.2Na/c1-36-11-4-2-10(3-5-11)27-28-16-14(38(33,34)35)7-9-6-12(37(30,31)32)8-13(15(9)17(16)29)23-20-25-18(21)24-19(22)26-20;;/h2-8,29H,1H3,(H,30,31,32)(H,33,34,35)(H,23,24,25,26);;. The minimum absolute atomic E-state index is 0. The second-order valence-corrected chi connectivity index (χ2v) is 10.8. The predicted octanol–water partition coefficient (Wildman–Crippen LogP) is 3.94. The molecule has 0 aliphatic heterocycles. The molecule has 3 aromatic carbocycles. The summed E-state index contributed by atoms with van der Waals surface area (Å²) in [5.74, 6) is -0.605. The Balaban J connectivity index is 0.00000280. The summed E-state index contributed by atoms with van der Waals surface area (Å²) in [6.45, 7) is 0. The summed E-state index contributed by atoms with van der Waals surface area (Å²) in [7, 11) is -8.41. The number of aromatic nitrogens is 3. The molecule has 4 rings (SSSR count). The molecule has 40 heavy (non-hydrogen) atoms. The number of halogens is 2. The predicted molar refractivity (Wildman–Crippen MR) is 147 cm³/mol. The van der Waals surface area contributed by atoms with E-state index < -0.39 is 41.5 Å². The number of benzene rings is 3. The number of aromatic hydroxyl groups is 1. The van der Waals surface area contributed by atoms with Gasteiger partial charge in [0.15, 0.2) is 5.75 Å². The molecular formula is C20H14Cl2N6Na2O8S2. The quantitative estimate of drug-likeness (QED) is 0.128. The van der Waals surface area contributed by atoms with Crippen LogP contribution in [-0.4, -0.2) is 112 Å². The van der Waals surface area contributed by atoms with E-state index in [0.717, 1.165) is 18.2 Å². The molecule has 0 bridgehead atoms. The molecule has 0 saturated carbocycles. The maximum absolute atomic E-state index is 12.2. The van der Waals surface area contributed by atoms with E-state index in [-0.39, 0.29) is 97.8 Å². The summed E-state index contributed by atoms with van der Waals surface area (Å²) in [4.78, 5) is 9.57. The van der Waals surface area contributed by atoms with E-state index in [0.29, 0.717) is 5.75 Å². The smallest absolute Gasteiger partial charge is 0.296 e. The van der Waals surface area contributed by atoms with Crippen molar-refractivity contribution in [3.8, 4) is 11.5 Å². The maximum Gasteiger partial charge on any atom is 0.296 e. The first kappa shape index (κ1) is 34.5. The second kappa shape index (κ2) is 13.5. The number of anilines is 2. The number of ether oxygens (including phenoxy) is 1. The number of rotatable bonds is 7. The number of phenols is 1. The van der Waals surface area contributed by atoms with Crippen molar-refractivity contribution in [2.24, 2.45) is 10.2 Å². The fourth-order valence-electron chi connectivity index (χ4n) is 3.26. The van der Waals surface area contributed by atoms with Gasteiger partial charge in [0.25, 0.3) is 20.2 Å². The molecule has 0 saturated heterocycles. The average molecular weight is 647 g/mol. The monoisotopic (exact) mass is 646 g/mol. The van der Waals surface area contributed by atoms with Crippen molar-refractivity contribution in [1.82, 2.24) is 15.0 Å². The van der Waals surface area contributed by atoms with Crippen LogP contribution in [0.5, 0.6) is 11.5 Å². The van der Waals surface area contributed by atoms with Crippen molar-refractivity contribution in [2.75, 3.05) is 12.4 Å². The van der Waals surface area contributed by atoms with Gasteiger partial charge < -0.3 is 15.2 Å². The largest absolute Gasteiger partial charge is 0.505 e. The van der Waals surface area contributed by atoms with Crippen LogP contribution in [0.15, 0.2) is 62.5 Å². The first-order valence-electron chi connectivity index (χ1n) is 9.95. The van der Waals surface area contributed by atoms with Crippen molar-refractivity contribution >= 4 is 136 Å². The molecule has 0 aliphatic rings. The molecule has 0 aliphatic carbocycles. The normalized spacial score (nSPS) is 11.6. The van der Waals surface area contributed by atoms with Crippen molar-refractivity contribution in [3.63, 3.8) is 0 Å². The Kier molecular flexibility index (Phi) is 11.7. The summed E-state index contributed by atoms with van der Waals surface area (Å²) >= 11 is 11.6. The van der Waals surface area contributed by atoms with Crippen molar-refractivity contribution < 1.29 is 35.8 Å². The number of methoxy groups -OCH3 is 1. The number of phenolic OH excluding ortho intramolecular Hbond substituents is 1. The van der Waals surface area contributed by atoms with Crippen LogP contribution in [0.4, 0.5) is 23.0 Å². The number of nitrogens with zero attached hydrogens (tertiary/aromatic N) is 5. The fourth-order valence-corrected chi connectivity index (χ4v) is 4.82. The van der Waals surface area contributed by atoms with E-state index >= 15 is 0 Å². The van der Waals surface area contributed by atoms with Gasteiger partial charge in [-0.2, -0.15) is 36.9 Å². The van der Waals surface area contributed by atoms with Gasteiger partial charge in [-0.15, -0.1) is 5.11 Å². The topological polar surface area (TPSA) is 214 Å². The fraction of sp³-hybridized carbons (Fsp3) is 0.0500. The van der Waals surface area contributed by atoms with Gasteiger partial charge in [-0.25, -0.2) is 0 Å². The van der Waals surface area contributed by atoms with Crippen molar-refractivity contribution in [3.05, 3.63) is 53.0 Å². The molecule has 4 N–H and O–H groups in total. The van der Waals surface area contributed by atoms with Crippen LogP contribution in [0.25, 0.3) is 10.8 Å². The Morgan fingerprint density at radius 1 is 0.875 bits per heavy atom. The summed E-state index contributed by atoms with van der Waals surface area (Å²) < 4.78 is 72.6. The van der Waals surface area contributed by atoms with Crippen LogP contribution < -0.4 is 10.1 Å². The molecule has 0 amide bonds. The molecule has 20 heteroatoms. The van der Waals surface area contributed by atoms with E-state index in [1.165, 1.54) is 19.2 Å². The molecule has 2 radical (unpaired) electrons. The molecule has 1 heterocycles. The molecule has 0 spiro atoms. The van der Waals surface area contributed by atoms with Gasteiger partial charge in [-0.05, 0) is 71.1 Å². The number of fused-ring (bicyclic) bond motifs is 1. The third kappa shape index (κ3) is 7.99. The number of hydrogen-bond acceptors (Lipinski definition) is 12. The summed E-state index contributed by atoms with van der Waals surface area (Å²) in [5.41, 5.74) is -0.681. The minimum Gasteiger partial charge on any atom is -0.505 e. The van der Waals surface area contributed by atoms with Crippen molar-refractivity contribution in [1.29, 1.82) is 0 Å². The van der Waals surface area contributed by atoms with Gasteiger partial charge in [-0.1, -0.05) is 0 Å². The Hall–Kier alpha value is -1.67. The van der Waals surface area contributed by atoms with E-state index in [1.54, 1.807) is 12.1 Å². The Morgan fingerprint density at radius 2 is 1.48 bits per heavy atom.